The molecule has 0 bridgehead atoms. The van der Waals surface area contributed by atoms with E-state index >= 15 is 0 Å². The van der Waals surface area contributed by atoms with Gasteiger partial charge in [-0.2, -0.15) is 5.10 Å². The fourth-order valence-electron chi connectivity index (χ4n) is 2.99. The smallest absolute Gasteiger partial charge is 0.274 e. The van der Waals surface area contributed by atoms with Crippen molar-refractivity contribution in [2.45, 2.75) is 25.5 Å². The van der Waals surface area contributed by atoms with Crippen molar-refractivity contribution < 1.29 is 9.53 Å². The van der Waals surface area contributed by atoms with Gasteiger partial charge in [0.15, 0.2) is 0 Å². The van der Waals surface area contributed by atoms with Gasteiger partial charge in [-0.25, -0.2) is 0 Å². The molecule has 3 rings (SSSR count). The summed E-state index contributed by atoms with van der Waals surface area (Å²) in [5.41, 5.74) is 1.64. The third-order valence-corrected chi connectivity index (χ3v) is 4.54. The Labute approximate surface area is 148 Å². The molecule has 1 N–H and O–H groups in total. The standard InChI is InChI=1S/C19H26N4O2/c1-22(13-14-25-15-16-5-3-2-4-6-16)19(24)18-9-12-23(21-18)17-7-10-20-11-8-17/h2-6,9,12,17,20H,7-8,10-11,13-15H2,1H3. The van der Waals surface area contributed by atoms with Crippen molar-refractivity contribution >= 4 is 5.91 Å². The first-order valence-electron chi connectivity index (χ1n) is 8.87. The van der Waals surface area contributed by atoms with E-state index in [0.717, 1.165) is 31.5 Å². The molecule has 0 aliphatic carbocycles. The lowest BCUT2D eigenvalue weighted by Gasteiger charge is -2.23. The van der Waals surface area contributed by atoms with Crippen LogP contribution in [-0.2, 0) is 11.3 Å². The molecule has 1 aromatic heterocycles. The van der Waals surface area contributed by atoms with Crippen LogP contribution in [0.5, 0.6) is 0 Å². The second-order valence-corrected chi connectivity index (χ2v) is 6.43. The summed E-state index contributed by atoms with van der Waals surface area (Å²) in [6.45, 7) is 3.63. The van der Waals surface area contributed by atoms with Gasteiger partial charge in [-0.1, -0.05) is 30.3 Å². The molecule has 0 saturated carbocycles. The molecule has 1 fully saturated rings. The van der Waals surface area contributed by atoms with Crippen molar-refractivity contribution in [2.24, 2.45) is 0 Å². The predicted octanol–water partition coefficient (Wildman–Crippen LogP) is 2.10. The van der Waals surface area contributed by atoms with Gasteiger partial charge in [0.25, 0.3) is 5.91 Å². The Morgan fingerprint density at radius 2 is 2.04 bits per heavy atom. The van der Waals surface area contributed by atoms with Gasteiger partial charge in [-0.05, 0) is 37.6 Å². The number of hydrogen-bond acceptors (Lipinski definition) is 4. The van der Waals surface area contributed by atoms with E-state index in [2.05, 4.69) is 10.4 Å². The Morgan fingerprint density at radius 1 is 1.28 bits per heavy atom. The molecule has 134 valence electrons. The number of ether oxygens (including phenoxy) is 1. The van der Waals surface area contributed by atoms with E-state index < -0.39 is 0 Å². The highest BCUT2D eigenvalue weighted by Gasteiger charge is 2.19. The van der Waals surface area contributed by atoms with Gasteiger partial charge in [0.05, 0.1) is 19.3 Å². The van der Waals surface area contributed by atoms with Crippen LogP contribution in [0, 0.1) is 0 Å². The van der Waals surface area contributed by atoms with Gasteiger partial charge in [-0.3, -0.25) is 9.48 Å². The molecule has 0 unspecified atom stereocenters. The Morgan fingerprint density at radius 3 is 2.80 bits per heavy atom. The molecule has 1 aliphatic heterocycles. The number of piperidine rings is 1. The Balaban J connectivity index is 1.44. The molecule has 6 nitrogen and oxygen atoms in total. The van der Waals surface area contributed by atoms with Crippen LogP contribution in [0.2, 0.25) is 0 Å². The van der Waals surface area contributed by atoms with Crippen LogP contribution in [0.4, 0.5) is 0 Å². The van der Waals surface area contributed by atoms with Crippen molar-refractivity contribution in [3.63, 3.8) is 0 Å². The lowest BCUT2D eigenvalue weighted by Crippen LogP contribution is -2.31. The first-order valence-corrected chi connectivity index (χ1v) is 8.87. The largest absolute Gasteiger partial charge is 0.375 e. The van der Waals surface area contributed by atoms with Gasteiger partial charge in [-0.15, -0.1) is 0 Å². The molecule has 2 heterocycles. The molecule has 1 aliphatic rings. The predicted molar refractivity (Wildman–Crippen MR) is 96.4 cm³/mol. The number of rotatable bonds is 7. The van der Waals surface area contributed by atoms with Gasteiger partial charge in [0, 0.05) is 19.8 Å². The Bertz CT molecular complexity index is 665. The first-order chi connectivity index (χ1) is 12.2. The van der Waals surface area contributed by atoms with Crippen LogP contribution in [0.1, 0.15) is 34.9 Å². The topological polar surface area (TPSA) is 59.4 Å². The molecular weight excluding hydrogens is 316 g/mol. The van der Waals surface area contributed by atoms with Gasteiger partial charge < -0.3 is 15.0 Å². The highest BCUT2D eigenvalue weighted by atomic mass is 16.5. The number of nitrogens with zero attached hydrogens (tertiary/aromatic N) is 3. The number of hydrogen-bond donors (Lipinski definition) is 1. The summed E-state index contributed by atoms with van der Waals surface area (Å²) in [5, 5.41) is 7.83. The number of benzene rings is 1. The Hall–Kier alpha value is -2.18. The molecular formula is C19H26N4O2. The van der Waals surface area contributed by atoms with E-state index in [4.69, 9.17) is 4.74 Å². The highest BCUT2D eigenvalue weighted by Crippen LogP contribution is 2.17. The maximum atomic E-state index is 12.5. The fourth-order valence-corrected chi connectivity index (χ4v) is 2.99. The van der Waals surface area contributed by atoms with Crippen molar-refractivity contribution in [2.75, 3.05) is 33.3 Å². The molecule has 1 aromatic carbocycles. The number of likely N-dealkylation sites (N-methyl/N-ethyl adjacent to an activating group) is 1. The summed E-state index contributed by atoms with van der Waals surface area (Å²) >= 11 is 0. The Kier molecular flexibility index (Phi) is 6.19. The van der Waals surface area contributed by atoms with E-state index in [9.17, 15) is 4.79 Å². The van der Waals surface area contributed by atoms with Crippen molar-refractivity contribution in [3.05, 3.63) is 53.9 Å². The molecule has 25 heavy (non-hydrogen) atoms. The third kappa shape index (κ3) is 4.90. The molecule has 6 heteroatoms. The van der Waals surface area contributed by atoms with Crippen molar-refractivity contribution in [1.29, 1.82) is 0 Å². The van der Waals surface area contributed by atoms with Crippen molar-refractivity contribution in [1.82, 2.24) is 20.0 Å². The summed E-state index contributed by atoms with van der Waals surface area (Å²) in [6, 6.07) is 12.2. The fraction of sp³-hybridized carbons (Fsp3) is 0.474. The molecule has 0 atom stereocenters. The number of nitrogens with one attached hydrogen (secondary N) is 1. The number of aromatic nitrogens is 2. The van der Waals surface area contributed by atoms with Crippen molar-refractivity contribution in [3.8, 4) is 0 Å². The molecule has 1 amide bonds. The normalized spacial score (nSPS) is 15.2. The average molecular weight is 342 g/mol. The van der Waals surface area contributed by atoms with Crippen LogP contribution in [-0.4, -0.2) is 53.9 Å². The second-order valence-electron chi connectivity index (χ2n) is 6.43. The third-order valence-electron chi connectivity index (χ3n) is 4.54. The van der Waals surface area contributed by atoms with Gasteiger partial charge in [0.2, 0.25) is 0 Å². The maximum Gasteiger partial charge on any atom is 0.274 e. The SMILES string of the molecule is CN(CCOCc1ccccc1)C(=O)c1ccn(C2CCNCC2)n1. The van der Waals surface area contributed by atoms with Gasteiger partial charge in [0.1, 0.15) is 5.69 Å². The van der Waals surface area contributed by atoms with Gasteiger partial charge >= 0.3 is 0 Å². The minimum Gasteiger partial charge on any atom is -0.375 e. The van der Waals surface area contributed by atoms with Crippen LogP contribution >= 0.6 is 0 Å². The molecule has 0 radical (unpaired) electrons. The zero-order valence-corrected chi connectivity index (χ0v) is 14.7. The van der Waals surface area contributed by atoms with E-state index in [1.165, 1.54) is 0 Å². The number of amides is 1. The first kappa shape index (κ1) is 17.6. The maximum absolute atomic E-state index is 12.5. The van der Waals surface area contributed by atoms with E-state index in [0.29, 0.717) is 31.5 Å². The molecule has 2 aromatic rings. The van der Waals surface area contributed by atoms with Crippen LogP contribution < -0.4 is 5.32 Å². The zero-order chi connectivity index (χ0) is 17.5. The summed E-state index contributed by atoms with van der Waals surface area (Å²) in [6.07, 6.45) is 4.03. The molecule has 0 spiro atoms. The quantitative estimate of drug-likeness (QED) is 0.783. The number of carbonyl (C=O) groups excluding carboxylic acids is 1. The highest BCUT2D eigenvalue weighted by molar-refractivity contribution is 5.92. The summed E-state index contributed by atoms with van der Waals surface area (Å²) in [5.74, 6) is -0.0593. The second kappa shape index (κ2) is 8.78. The van der Waals surface area contributed by atoms with Crippen LogP contribution in [0.3, 0.4) is 0 Å². The van der Waals surface area contributed by atoms with Crippen LogP contribution in [0.25, 0.3) is 0 Å². The summed E-state index contributed by atoms with van der Waals surface area (Å²) < 4.78 is 7.59. The summed E-state index contributed by atoms with van der Waals surface area (Å²) in [7, 11) is 1.79. The average Bonchev–Trinajstić information content (AvgIpc) is 3.16. The van der Waals surface area contributed by atoms with E-state index in [1.807, 2.05) is 47.3 Å². The minimum absolute atomic E-state index is 0.0593. The summed E-state index contributed by atoms with van der Waals surface area (Å²) in [4.78, 5) is 14.2. The van der Waals surface area contributed by atoms with Crippen LogP contribution in [0.15, 0.2) is 42.6 Å². The lowest BCUT2D eigenvalue weighted by molar-refractivity contribution is 0.0664. The minimum atomic E-state index is -0.0593. The zero-order valence-electron chi connectivity index (χ0n) is 14.7. The molecule has 1 saturated heterocycles. The monoisotopic (exact) mass is 342 g/mol. The lowest BCUT2D eigenvalue weighted by atomic mass is 10.1. The van der Waals surface area contributed by atoms with E-state index in [1.54, 1.807) is 11.9 Å². The van der Waals surface area contributed by atoms with E-state index in [-0.39, 0.29) is 5.91 Å². The number of carbonyl (C=O) groups is 1.